The van der Waals surface area contributed by atoms with E-state index in [0.29, 0.717) is 18.7 Å². The minimum Gasteiger partial charge on any atom is -0.325 e. The summed E-state index contributed by atoms with van der Waals surface area (Å²) in [6, 6.07) is 14.1. The van der Waals surface area contributed by atoms with Crippen LogP contribution in [0.25, 0.3) is 0 Å². The average molecular weight is 376 g/mol. The molecule has 0 saturated carbocycles. The van der Waals surface area contributed by atoms with Crippen LogP contribution in [0.3, 0.4) is 0 Å². The molecule has 0 aliphatic carbocycles. The highest BCUT2D eigenvalue weighted by atomic mass is 19.4. The second kappa shape index (κ2) is 8.13. The van der Waals surface area contributed by atoms with Gasteiger partial charge >= 0.3 is 6.18 Å². The topological polar surface area (TPSA) is 32.3 Å². The Morgan fingerprint density at radius 3 is 2.52 bits per heavy atom. The van der Waals surface area contributed by atoms with Crippen LogP contribution < -0.4 is 5.32 Å². The standard InChI is InChI=1S/C21H23F3N2O/c1-2-11-26(13-15-7-4-3-5-8-15)14-16-12-19(27)25-20-17(16)9-6-10-18(20)21(22,23)24/h3-10,16H,2,11-14H2,1H3,(H,25,27). The molecule has 27 heavy (non-hydrogen) atoms. The number of benzene rings is 2. The fourth-order valence-electron chi connectivity index (χ4n) is 3.68. The molecule has 0 bridgehead atoms. The molecule has 144 valence electrons. The quantitative estimate of drug-likeness (QED) is 0.766. The van der Waals surface area contributed by atoms with Crippen molar-refractivity contribution in [3.63, 3.8) is 0 Å². The average Bonchev–Trinajstić information content (AvgIpc) is 2.61. The van der Waals surface area contributed by atoms with E-state index >= 15 is 0 Å². The molecule has 1 amide bonds. The summed E-state index contributed by atoms with van der Waals surface area (Å²) in [6.07, 6.45) is -3.36. The number of rotatable bonds is 6. The molecular formula is C21H23F3N2O. The van der Waals surface area contributed by atoms with Gasteiger partial charge in [-0.05, 0) is 30.2 Å². The van der Waals surface area contributed by atoms with E-state index in [2.05, 4.69) is 17.1 Å². The van der Waals surface area contributed by atoms with Gasteiger partial charge in [0, 0.05) is 25.4 Å². The summed E-state index contributed by atoms with van der Waals surface area (Å²) in [5.41, 5.74) is 0.861. The Kier molecular flexibility index (Phi) is 5.85. The van der Waals surface area contributed by atoms with E-state index in [4.69, 9.17) is 0 Å². The molecule has 1 unspecified atom stereocenters. The zero-order chi connectivity index (χ0) is 19.4. The van der Waals surface area contributed by atoms with Crippen LogP contribution in [0.15, 0.2) is 48.5 Å². The molecule has 2 aromatic carbocycles. The van der Waals surface area contributed by atoms with Crippen molar-refractivity contribution in [3.8, 4) is 0 Å². The summed E-state index contributed by atoms with van der Waals surface area (Å²) in [6.45, 7) is 4.15. The van der Waals surface area contributed by atoms with Gasteiger partial charge in [0.25, 0.3) is 0 Å². The van der Waals surface area contributed by atoms with E-state index in [1.54, 1.807) is 6.07 Å². The summed E-state index contributed by atoms with van der Waals surface area (Å²) in [7, 11) is 0. The van der Waals surface area contributed by atoms with Gasteiger partial charge in [-0.2, -0.15) is 13.2 Å². The number of hydrogen-bond acceptors (Lipinski definition) is 2. The van der Waals surface area contributed by atoms with E-state index < -0.39 is 11.7 Å². The third-order valence-electron chi connectivity index (χ3n) is 4.81. The Bertz CT molecular complexity index is 790. The number of nitrogens with one attached hydrogen (secondary N) is 1. The molecule has 1 N–H and O–H groups in total. The fourth-order valence-corrected chi connectivity index (χ4v) is 3.68. The normalized spacial score (nSPS) is 16.9. The number of halogens is 3. The second-order valence-electron chi connectivity index (χ2n) is 6.94. The number of fused-ring (bicyclic) bond motifs is 1. The minimum absolute atomic E-state index is 0.0811. The number of amides is 1. The van der Waals surface area contributed by atoms with Gasteiger partial charge in [0.2, 0.25) is 5.91 Å². The van der Waals surface area contributed by atoms with E-state index in [9.17, 15) is 18.0 Å². The molecule has 1 atom stereocenters. The van der Waals surface area contributed by atoms with Gasteiger partial charge in [-0.1, -0.05) is 49.4 Å². The van der Waals surface area contributed by atoms with Crippen molar-refractivity contribution in [1.29, 1.82) is 0 Å². The molecule has 1 aliphatic heterocycles. The predicted molar refractivity (Wildman–Crippen MR) is 99.4 cm³/mol. The first-order chi connectivity index (χ1) is 12.9. The third-order valence-corrected chi connectivity index (χ3v) is 4.81. The number of para-hydroxylation sites is 1. The van der Waals surface area contributed by atoms with Crippen molar-refractivity contribution < 1.29 is 18.0 Å². The van der Waals surface area contributed by atoms with Crippen LogP contribution in [0, 0.1) is 0 Å². The molecular weight excluding hydrogens is 353 g/mol. The van der Waals surface area contributed by atoms with Crippen molar-refractivity contribution >= 4 is 11.6 Å². The SMILES string of the molecule is CCCN(Cc1ccccc1)CC1CC(=O)Nc2c1cccc2C(F)(F)F. The zero-order valence-corrected chi connectivity index (χ0v) is 15.2. The monoisotopic (exact) mass is 376 g/mol. The van der Waals surface area contributed by atoms with Gasteiger partial charge in [-0.25, -0.2) is 0 Å². The molecule has 0 saturated heterocycles. The highest BCUT2D eigenvalue weighted by Gasteiger charge is 2.38. The van der Waals surface area contributed by atoms with E-state index in [-0.39, 0.29) is 23.9 Å². The Morgan fingerprint density at radius 2 is 1.85 bits per heavy atom. The Balaban J connectivity index is 1.87. The molecule has 0 spiro atoms. The lowest BCUT2D eigenvalue weighted by molar-refractivity contribution is -0.137. The maximum atomic E-state index is 13.3. The lowest BCUT2D eigenvalue weighted by Gasteiger charge is -2.32. The van der Waals surface area contributed by atoms with Gasteiger partial charge in [0.1, 0.15) is 0 Å². The van der Waals surface area contributed by atoms with Crippen LogP contribution in [0.5, 0.6) is 0 Å². The molecule has 0 fully saturated rings. The Hall–Kier alpha value is -2.34. The molecule has 2 aromatic rings. The van der Waals surface area contributed by atoms with Crippen molar-refractivity contribution in [2.45, 2.75) is 38.4 Å². The number of carbonyl (C=O) groups is 1. The molecule has 0 radical (unpaired) electrons. The molecule has 3 nitrogen and oxygen atoms in total. The van der Waals surface area contributed by atoms with Crippen LogP contribution in [-0.4, -0.2) is 23.9 Å². The largest absolute Gasteiger partial charge is 0.418 e. The van der Waals surface area contributed by atoms with Crippen LogP contribution >= 0.6 is 0 Å². The minimum atomic E-state index is -4.49. The number of nitrogens with zero attached hydrogens (tertiary/aromatic N) is 1. The van der Waals surface area contributed by atoms with Gasteiger partial charge in [-0.3, -0.25) is 9.69 Å². The number of anilines is 1. The second-order valence-corrected chi connectivity index (χ2v) is 6.94. The first-order valence-electron chi connectivity index (χ1n) is 9.14. The maximum absolute atomic E-state index is 13.3. The third kappa shape index (κ3) is 4.69. The molecule has 1 aliphatic rings. The van der Waals surface area contributed by atoms with Gasteiger partial charge in [0.05, 0.1) is 11.3 Å². The van der Waals surface area contributed by atoms with E-state index in [0.717, 1.165) is 24.6 Å². The van der Waals surface area contributed by atoms with Gasteiger partial charge in [0.15, 0.2) is 0 Å². The van der Waals surface area contributed by atoms with Crippen molar-refractivity contribution in [2.24, 2.45) is 0 Å². The van der Waals surface area contributed by atoms with Crippen LogP contribution in [-0.2, 0) is 17.5 Å². The lowest BCUT2D eigenvalue weighted by Crippen LogP contribution is -2.34. The number of carbonyl (C=O) groups excluding carboxylic acids is 1. The Labute approximate surface area is 157 Å². The van der Waals surface area contributed by atoms with Gasteiger partial charge in [-0.15, -0.1) is 0 Å². The first kappa shape index (κ1) is 19.4. The summed E-state index contributed by atoms with van der Waals surface area (Å²) >= 11 is 0. The summed E-state index contributed by atoms with van der Waals surface area (Å²) < 4.78 is 40.0. The smallest absolute Gasteiger partial charge is 0.325 e. The highest BCUT2D eigenvalue weighted by Crippen LogP contribution is 2.42. The predicted octanol–water partition coefficient (Wildman–Crippen LogP) is 5.04. The van der Waals surface area contributed by atoms with Crippen molar-refractivity contribution in [2.75, 3.05) is 18.4 Å². The van der Waals surface area contributed by atoms with Crippen LogP contribution in [0.2, 0.25) is 0 Å². The number of alkyl halides is 3. The molecule has 0 aromatic heterocycles. The maximum Gasteiger partial charge on any atom is 0.418 e. The van der Waals surface area contributed by atoms with Gasteiger partial charge < -0.3 is 5.32 Å². The lowest BCUT2D eigenvalue weighted by atomic mass is 9.88. The molecule has 3 rings (SSSR count). The number of hydrogen-bond donors (Lipinski definition) is 1. The van der Waals surface area contributed by atoms with Crippen LogP contribution in [0.1, 0.15) is 42.4 Å². The molecule has 1 heterocycles. The molecule has 6 heteroatoms. The summed E-state index contributed by atoms with van der Waals surface area (Å²) in [5.74, 6) is -0.619. The van der Waals surface area contributed by atoms with Crippen molar-refractivity contribution in [1.82, 2.24) is 4.90 Å². The summed E-state index contributed by atoms with van der Waals surface area (Å²) in [4.78, 5) is 14.3. The summed E-state index contributed by atoms with van der Waals surface area (Å²) in [5, 5.41) is 2.44. The Morgan fingerprint density at radius 1 is 1.11 bits per heavy atom. The van der Waals surface area contributed by atoms with E-state index in [1.807, 2.05) is 30.3 Å². The highest BCUT2D eigenvalue weighted by molar-refractivity contribution is 5.95. The first-order valence-corrected chi connectivity index (χ1v) is 9.14. The van der Waals surface area contributed by atoms with Crippen LogP contribution in [0.4, 0.5) is 18.9 Å². The fraction of sp³-hybridized carbons (Fsp3) is 0.381. The zero-order valence-electron chi connectivity index (χ0n) is 15.2. The van der Waals surface area contributed by atoms with Crippen molar-refractivity contribution in [3.05, 3.63) is 65.2 Å². The van der Waals surface area contributed by atoms with E-state index in [1.165, 1.54) is 6.07 Å².